The second kappa shape index (κ2) is 8.26. The molecule has 0 N–H and O–H groups in total. The number of hydrogen-bond acceptors (Lipinski definition) is 3. The van der Waals surface area contributed by atoms with Crippen LogP contribution in [0, 0.1) is 6.92 Å². The number of pyridine rings is 1. The molecule has 5 rings (SSSR count). The Labute approximate surface area is 181 Å². The molecule has 0 unspecified atom stereocenters. The Hall–Kier alpha value is -3.60. The third-order valence-electron chi connectivity index (χ3n) is 5.95. The predicted molar refractivity (Wildman–Crippen MR) is 121 cm³/mol. The van der Waals surface area contributed by atoms with Crippen molar-refractivity contribution in [1.82, 2.24) is 14.3 Å². The molecule has 3 heterocycles. The fourth-order valence-corrected chi connectivity index (χ4v) is 4.38. The SMILES string of the molecule is Cc1ccn2cc([C@@H]3CCCN3C(=O)OCc3ccccc3)nc2c1-c1ccccc1. The number of rotatable bonds is 4. The van der Waals surface area contributed by atoms with Gasteiger partial charge in [-0.05, 0) is 42.5 Å². The Bertz CT molecular complexity index is 1200. The summed E-state index contributed by atoms with van der Waals surface area (Å²) in [7, 11) is 0. The van der Waals surface area contributed by atoms with Crippen LogP contribution in [0.1, 0.15) is 35.7 Å². The van der Waals surface area contributed by atoms with Gasteiger partial charge in [-0.1, -0.05) is 60.7 Å². The number of aromatic nitrogens is 2. The molecule has 1 aliphatic heterocycles. The first-order valence-electron chi connectivity index (χ1n) is 10.7. The highest BCUT2D eigenvalue weighted by atomic mass is 16.6. The number of likely N-dealkylation sites (tertiary alicyclic amines) is 1. The molecule has 0 radical (unpaired) electrons. The second-order valence-corrected chi connectivity index (χ2v) is 8.03. The van der Waals surface area contributed by atoms with Crippen molar-refractivity contribution in [2.75, 3.05) is 6.54 Å². The zero-order chi connectivity index (χ0) is 21.2. The van der Waals surface area contributed by atoms with Gasteiger partial charge in [-0.15, -0.1) is 0 Å². The van der Waals surface area contributed by atoms with E-state index >= 15 is 0 Å². The van der Waals surface area contributed by atoms with Crippen molar-refractivity contribution in [1.29, 1.82) is 0 Å². The standard InChI is InChI=1S/C26H25N3O2/c1-19-14-16-28-17-22(27-25(28)24(19)21-11-6-3-7-12-21)23-13-8-15-29(23)26(30)31-18-20-9-4-2-5-10-20/h2-7,9-12,14,16-17,23H,8,13,15,18H2,1H3/t23-/m0/s1. The van der Waals surface area contributed by atoms with Crippen LogP contribution in [0.25, 0.3) is 16.8 Å². The van der Waals surface area contributed by atoms with E-state index in [1.807, 2.05) is 59.6 Å². The van der Waals surface area contributed by atoms with Crippen LogP contribution >= 0.6 is 0 Å². The van der Waals surface area contributed by atoms with Gasteiger partial charge < -0.3 is 9.14 Å². The van der Waals surface area contributed by atoms with Gasteiger partial charge in [-0.3, -0.25) is 4.90 Å². The van der Waals surface area contributed by atoms with Gasteiger partial charge in [0.25, 0.3) is 0 Å². The van der Waals surface area contributed by atoms with Gasteiger partial charge in [-0.25, -0.2) is 9.78 Å². The summed E-state index contributed by atoms with van der Waals surface area (Å²) in [6.07, 6.45) is 5.66. The number of imidazole rings is 1. The highest BCUT2D eigenvalue weighted by molar-refractivity contribution is 5.80. The van der Waals surface area contributed by atoms with E-state index in [9.17, 15) is 4.79 Å². The Morgan fingerprint density at radius 2 is 1.81 bits per heavy atom. The molecule has 1 fully saturated rings. The van der Waals surface area contributed by atoms with Gasteiger partial charge in [0, 0.05) is 24.5 Å². The van der Waals surface area contributed by atoms with Crippen molar-refractivity contribution in [3.05, 3.63) is 95.9 Å². The van der Waals surface area contributed by atoms with E-state index in [1.54, 1.807) is 0 Å². The van der Waals surface area contributed by atoms with Gasteiger partial charge in [0.1, 0.15) is 12.3 Å². The number of hydrogen-bond donors (Lipinski definition) is 0. The first kappa shape index (κ1) is 19.4. The molecule has 2 aromatic heterocycles. The van der Waals surface area contributed by atoms with Crippen LogP contribution in [0.2, 0.25) is 0 Å². The number of ether oxygens (including phenoxy) is 1. The van der Waals surface area contributed by atoms with Crippen molar-refractivity contribution in [3.8, 4) is 11.1 Å². The number of carbonyl (C=O) groups is 1. The maximum absolute atomic E-state index is 12.8. The van der Waals surface area contributed by atoms with E-state index in [4.69, 9.17) is 9.72 Å². The molecule has 0 spiro atoms. The fourth-order valence-electron chi connectivity index (χ4n) is 4.38. The maximum atomic E-state index is 12.8. The van der Waals surface area contributed by atoms with Crippen molar-refractivity contribution in [2.45, 2.75) is 32.4 Å². The summed E-state index contributed by atoms with van der Waals surface area (Å²) in [6.45, 7) is 3.08. The first-order valence-corrected chi connectivity index (χ1v) is 10.7. The van der Waals surface area contributed by atoms with E-state index in [0.717, 1.165) is 40.9 Å². The molecule has 31 heavy (non-hydrogen) atoms. The predicted octanol–water partition coefficient (Wildman–Crippen LogP) is 5.78. The summed E-state index contributed by atoms with van der Waals surface area (Å²) in [5.41, 5.74) is 6.28. The quantitative estimate of drug-likeness (QED) is 0.427. The van der Waals surface area contributed by atoms with Gasteiger partial charge >= 0.3 is 6.09 Å². The minimum Gasteiger partial charge on any atom is -0.445 e. The molecule has 5 heteroatoms. The van der Waals surface area contributed by atoms with Gasteiger partial charge in [0.2, 0.25) is 0 Å². The fraction of sp³-hybridized carbons (Fsp3) is 0.231. The number of benzene rings is 2. The average molecular weight is 412 g/mol. The lowest BCUT2D eigenvalue weighted by atomic mass is 10.0. The Morgan fingerprint density at radius 1 is 1.06 bits per heavy atom. The maximum Gasteiger partial charge on any atom is 0.410 e. The smallest absolute Gasteiger partial charge is 0.410 e. The molecule has 1 amide bonds. The Balaban J connectivity index is 1.42. The molecule has 5 nitrogen and oxygen atoms in total. The van der Waals surface area contributed by atoms with Crippen molar-refractivity contribution < 1.29 is 9.53 Å². The summed E-state index contributed by atoms with van der Waals surface area (Å²) in [5.74, 6) is 0. The number of amides is 1. The Morgan fingerprint density at radius 3 is 2.58 bits per heavy atom. The second-order valence-electron chi connectivity index (χ2n) is 8.03. The zero-order valence-electron chi connectivity index (χ0n) is 17.6. The Kier molecular flexibility index (Phi) is 5.16. The first-order chi connectivity index (χ1) is 15.2. The van der Waals surface area contributed by atoms with Crippen LogP contribution < -0.4 is 0 Å². The van der Waals surface area contributed by atoms with Crippen molar-refractivity contribution >= 4 is 11.7 Å². The highest BCUT2D eigenvalue weighted by Crippen LogP contribution is 2.34. The number of aryl methyl sites for hydroxylation is 1. The van der Waals surface area contributed by atoms with E-state index in [2.05, 4.69) is 35.7 Å². The molecule has 0 saturated carbocycles. The molecule has 2 aromatic carbocycles. The monoisotopic (exact) mass is 411 g/mol. The molecule has 0 aliphatic carbocycles. The van der Waals surface area contributed by atoms with Crippen molar-refractivity contribution in [3.63, 3.8) is 0 Å². The van der Waals surface area contributed by atoms with E-state index in [-0.39, 0.29) is 18.7 Å². The molecule has 0 bridgehead atoms. The lowest BCUT2D eigenvalue weighted by Gasteiger charge is -2.22. The van der Waals surface area contributed by atoms with Crippen LogP contribution in [0.15, 0.2) is 79.1 Å². The zero-order valence-corrected chi connectivity index (χ0v) is 17.6. The van der Waals surface area contributed by atoms with Crippen molar-refractivity contribution in [2.24, 2.45) is 0 Å². The van der Waals surface area contributed by atoms with Crippen LogP contribution in [0.5, 0.6) is 0 Å². The van der Waals surface area contributed by atoms with Gasteiger partial charge in [0.15, 0.2) is 0 Å². The highest BCUT2D eigenvalue weighted by Gasteiger charge is 2.33. The lowest BCUT2D eigenvalue weighted by Crippen LogP contribution is -2.31. The molecule has 156 valence electrons. The summed E-state index contributed by atoms with van der Waals surface area (Å²) in [4.78, 5) is 19.6. The summed E-state index contributed by atoms with van der Waals surface area (Å²) >= 11 is 0. The van der Waals surface area contributed by atoms with Crippen LogP contribution in [-0.2, 0) is 11.3 Å². The third kappa shape index (κ3) is 3.79. The molecular formula is C26H25N3O2. The third-order valence-corrected chi connectivity index (χ3v) is 5.95. The summed E-state index contributed by atoms with van der Waals surface area (Å²) in [5, 5.41) is 0. The van der Waals surface area contributed by atoms with Crippen LogP contribution in [-0.4, -0.2) is 26.9 Å². The van der Waals surface area contributed by atoms with E-state index < -0.39 is 0 Å². The minimum atomic E-state index is -0.275. The van der Waals surface area contributed by atoms with E-state index in [1.165, 1.54) is 5.56 Å². The summed E-state index contributed by atoms with van der Waals surface area (Å²) < 4.78 is 7.67. The summed E-state index contributed by atoms with van der Waals surface area (Å²) in [6, 6.07) is 22.2. The normalized spacial score (nSPS) is 16.0. The van der Waals surface area contributed by atoms with Crippen LogP contribution in [0.3, 0.4) is 0 Å². The molecule has 1 atom stereocenters. The number of fused-ring (bicyclic) bond motifs is 1. The molecular weight excluding hydrogens is 386 g/mol. The largest absolute Gasteiger partial charge is 0.445 e. The molecule has 1 aliphatic rings. The van der Waals surface area contributed by atoms with Gasteiger partial charge in [0.05, 0.1) is 11.7 Å². The average Bonchev–Trinajstić information content (AvgIpc) is 3.46. The lowest BCUT2D eigenvalue weighted by molar-refractivity contribution is 0.0915. The van der Waals surface area contributed by atoms with Gasteiger partial charge in [-0.2, -0.15) is 0 Å². The number of nitrogens with zero attached hydrogens (tertiary/aromatic N) is 3. The molecule has 1 saturated heterocycles. The van der Waals surface area contributed by atoms with Crippen LogP contribution in [0.4, 0.5) is 4.79 Å². The number of carbonyl (C=O) groups excluding carboxylic acids is 1. The minimum absolute atomic E-state index is 0.0629. The van der Waals surface area contributed by atoms with E-state index in [0.29, 0.717) is 6.54 Å². The topological polar surface area (TPSA) is 46.8 Å². The molecule has 4 aromatic rings.